The van der Waals surface area contributed by atoms with E-state index in [1.807, 2.05) is 45.2 Å². The van der Waals surface area contributed by atoms with Crippen LogP contribution in [0.15, 0.2) is 0 Å². The van der Waals surface area contributed by atoms with Crippen LogP contribution in [-0.4, -0.2) is 5.24 Å². The second kappa shape index (κ2) is 6.55. The van der Waals surface area contributed by atoms with Gasteiger partial charge in [0.2, 0.25) is 0 Å². The van der Waals surface area contributed by atoms with Crippen LogP contribution in [0.3, 0.4) is 0 Å². The maximum atomic E-state index is 11.3. The minimum Gasteiger partial charge on any atom is -0.397 e. The summed E-state index contributed by atoms with van der Waals surface area (Å²) in [6.45, 7) is 0.177. The van der Waals surface area contributed by atoms with Gasteiger partial charge in [-0.15, -0.1) is 0 Å². The van der Waals surface area contributed by atoms with Crippen LogP contribution in [0.25, 0.3) is 0 Å². The first-order valence-corrected chi connectivity index (χ1v) is 7.72. The van der Waals surface area contributed by atoms with Crippen LogP contribution in [-0.2, 0) is 10.9 Å². The van der Waals surface area contributed by atoms with Gasteiger partial charge in [0.1, 0.15) is 0 Å². The minimum atomic E-state index is -0.535. The molecule has 0 aliphatic heterocycles. The number of halogens is 5. The first-order valence-electron chi connectivity index (χ1n) is 3.80. The smallest absolute Gasteiger partial charge is 0.254 e. The van der Waals surface area contributed by atoms with E-state index in [-0.39, 0.29) is 6.61 Å². The van der Waals surface area contributed by atoms with Crippen molar-refractivity contribution in [1.82, 2.24) is 0 Å². The normalized spacial score (nSPS) is 10.6. The highest BCUT2D eigenvalue weighted by Gasteiger charge is 2.22. The van der Waals surface area contributed by atoms with Crippen molar-refractivity contribution in [1.29, 1.82) is 0 Å². The second-order valence-electron chi connectivity index (χ2n) is 2.74. The third-order valence-electron chi connectivity index (χ3n) is 1.84. The molecule has 0 heterocycles. The maximum Gasteiger partial charge on any atom is 0.254 e. The van der Waals surface area contributed by atoms with Gasteiger partial charge < -0.3 is 5.73 Å². The summed E-state index contributed by atoms with van der Waals surface area (Å²) in [4.78, 5) is 11.3. The molecule has 0 aliphatic carbocycles. The van der Waals surface area contributed by atoms with E-state index < -0.39 is 5.24 Å². The Morgan fingerprint density at radius 1 is 1.25 bits per heavy atom. The standard InChI is InChI=1S/C8H4Cl2I3NO2/c9-8(15)3-4(11)2(1-16-10)5(12)7(14)6(3)13/h1,14H2. The Kier molecular flexibility index (Phi) is 6.33. The van der Waals surface area contributed by atoms with E-state index in [0.29, 0.717) is 14.8 Å². The average molecular weight is 598 g/mol. The molecule has 0 unspecified atom stereocenters. The van der Waals surface area contributed by atoms with Gasteiger partial charge in [-0.3, -0.25) is 9.08 Å². The largest absolute Gasteiger partial charge is 0.397 e. The number of carbonyl (C=O) groups is 1. The van der Waals surface area contributed by atoms with E-state index >= 15 is 0 Å². The minimum absolute atomic E-state index is 0.177. The van der Waals surface area contributed by atoms with Gasteiger partial charge in [0.25, 0.3) is 5.24 Å². The molecule has 3 nitrogen and oxygen atoms in total. The van der Waals surface area contributed by atoms with E-state index in [0.717, 1.165) is 12.7 Å². The summed E-state index contributed by atoms with van der Waals surface area (Å²) in [6.07, 6.45) is 0. The van der Waals surface area contributed by atoms with Gasteiger partial charge in [-0.1, -0.05) is 0 Å². The van der Waals surface area contributed by atoms with E-state index in [4.69, 9.17) is 29.2 Å². The molecule has 0 fully saturated rings. The van der Waals surface area contributed by atoms with Gasteiger partial charge >= 0.3 is 0 Å². The van der Waals surface area contributed by atoms with E-state index in [1.165, 1.54) is 0 Å². The van der Waals surface area contributed by atoms with Gasteiger partial charge in [-0.2, -0.15) is 0 Å². The van der Waals surface area contributed by atoms with Crippen LogP contribution >= 0.6 is 91.2 Å². The van der Waals surface area contributed by atoms with Crippen molar-refractivity contribution in [2.24, 2.45) is 0 Å². The molecule has 1 rings (SSSR count). The van der Waals surface area contributed by atoms with E-state index in [2.05, 4.69) is 26.9 Å². The van der Waals surface area contributed by atoms with Crippen molar-refractivity contribution in [2.75, 3.05) is 5.73 Å². The molecule has 16 heavy (non-hydrogen) atoms. The first-order chi connectivity index (χ1) is 7.41. The number of nitrogen functional groups attached to an aromatic ring is 1. The fraction of sp³-hybridized carbons (Fsp3) is 0.125. The second-order valence-corrected chi connectivity index (χ2v) is 6.53. The van der Waals surface area contributed by atoms with Gasteiger partial charge in [0.05, 0.1) is 33.3 Å². The predicted molar refractivity (Wildman–Crippen MR) is 89.8 cm³/mol. The Labute approximate surface area is 143 Å². The van der Waals surface area contributed by atoms with Crippen LogP contribution in [0, 0.1) is 10.7 Å². The van der Waals surface area contributed by atoms with Crippen LogP contribution in [0.1, 0.15) is 15.9 Å². The fourth-order valence-electron chi connectivity index (χ4n) is 1.09. The molecule has 0 bridgehead atoms. The summed E-state index contributed by atoms with van der Waals surface area (Å²) in [7, 11) is 0. The highest BCUT2D eigenvalue weighted by atomic mass is 127. The topological polar surface area (TPSA) is 52.3 Å². The highest BCUT2D eigenvalue weighted by molar-refractivity contribution is 14.1. The predicted octanol–water partition coefficient (Wildman–Crippen LogP) is 4.13. The molecule has 8 heteroatoms. The summed E-state index contributed by atoms with van der Waals surface area (Å²) in [5.74, 6) is 0. The Hall–Kier alpha value is 1.42. The Bertz CT molecular complexity index is 454. The number of rotatable bonds is 3. The number of hydrogen-bond acceptors (Lipinski definition) is 3. The SMILES string of the molecule is Nc1c(I)c(COCl)c(I)c(C(=O)Cl)c1I. The lowest BCUT2D eigenvalue weighted by atomic mass is 10.1. The quantitative estimate of drug-likeness (QED) is 0.324. The number of carbonyl (C=O) groups excluding carboxylic acids is 1. The molecule has 0 spiro atoms. The fourth-order valence-corrected chi connectivity index (χ4v) is 5.68. The summed E-state index contributed by atoms with van der Waals surface area (Å²) in [5.41, 5.74) is 7.60. The highest BCUT2D eigenvalue weighted by Crippen LogP contribution is 2.34. The molecule has 2 N–H and O–H groups in total. The van der Waals surface area contributed by atoms with Gasteiger partial charge in [-0.05, 0) is 79.4 Å². The van der Waals surface area contributed by atoms with Crippen molar-refractivity contribution >= 4 is 102 Å². The maximum absolute atomic E-state index is 11.3. The van der Waals surface area contributed by atoms with Crippen LogP contribution in [0.5, 0.6) is 0 Å². The van der Waals surface area contributed by atoms with Crippen LogP contribution < -0.4 is 5.73 Å². The zero-order valence-corrected chi connectivity index (χ0v) is 15.5. The number of nitrogens with two attached hydrogens (primary N) is 1. The number of benzene rings is 1. The van der Waals surface area contributed by atoms with Crippen molar-refractivity contribution in [3.8, 4) is 0 Å². The number of hydrogen-bond donors (Lipinski definition) is 1. The molecule has 0 amide bonds. The summed E-state index contributed by atoms with van der Waals surface area (Å²) in [5, 5.41) is -0.535. The molecule has 88 valence electrons. The Morgan fingerprint density at radius 2 is 1.81 bits per heavy atom. The third kappa shape index (κ3) is 3.05. The van der Waals surface area contributed by atoms with Crippen LogP contribution in [0.2, 0.25) is 0 Å². The lowest BCUT2D eigenvalue weighted by Crippen LogP contribution is -2.09. The Balaban J connectivity index is 3.58. The molecular weight excluding hydrogens is 594 g/mol. The van der Waals surface area contributed by atoms with Crippen molar-refractivity contribution < 1.29 is 9.08 Å². The lowest BCUT2D eigenvalue weighted by Gasteiger charge is -2.14. The third-order valence-corrected chi connectivity index (χ3v) is 5.68. The molecule has 0 radical (unpaired) electrons. The summed E-state index contributed by atoms with van der Waals surface area (Å²) in [6, 6.07) is 0. The number of anilines is 1. The van der Waals surface area contributed by atoms with Crippen molar-refractivity contribution in [3.05, 3.63) is 21.8 Å². The molecule has 0 aromatic heterocycles. The lowest BCUT2D eigenvalue weighted by molar-refractivity contribution is 0.107. The molecule has 1 aromatic carbocycles. The summed E-state index contributed by atoms with van der Waals surface area (Å²) < 4.78 is 6.78. The van der Waals surface area contributed by atoms with Crippen molar-refractivity contribution in [2.45, 2.75) is 6.61 Å². The van der Waals surface area contributed by atoms with Gasteiger partial charge in [0.15, 0.2) is 0 Å². The monoisotopic (exact) mass is 597 g/mol. The zero-order chi connectivity index (χ0) is 12.5. The van der Waals surface area contributed by atoms with Gasteiger partial charge in [-0.25, -0.2) is 0 Å². The molecule has 1 aromatic rings. The van der Waals surface area contributed by atoms with Crippen molar-refractivity contribution in [3.63, 3.8) is 0 Å². The van der Waals surface area contributed by atoms with E-state index in [1.54, 1.807) is 0 Å². The van der Waals surface area contributed by atoms with E-state index in [9.17, 15) is 4.79 Å². The van der Waals surface area contributed by atoms with Crippen LogP contribution in [0.4, 0.5) is 5.69 Å². The molecular formula is C8H4Cl2I3NO2. The van der Waals surface area contributed by atoms with Gasteiger partial charge in [0, 0.05) is 12.7 Å². The first kappa shape index (κ1) is 15.5. The average Bonchev–Trinajstić information content (AvgIpc) is 2.21. The molecule has 0 saturated carbocycles. The zero-order valence-electron chi connectivity index (χ0n) is 7.49. The molecule has 0 aliphatic rings. The summed E-state index contributed by atoms with van der Waals surface area (Å²) >= 11 is 16.9. The molecule has 0 atom stereocenters. The Morgan fingerprint density at radius 3 is 2.25 bits per heavy atom. The molecule has 0 saturated heterocycles.